The summed E-state index contributed by atoms with van der Waals surface area (Å²) in [5, 5.41) is 0. The van der Waals surface area contributed by atoms with Crippen molar-refractivity contribution in [1.82, 2.24) is 0 Å². The lowest BCUT2D eigenvalue weighted by Gasteiger charge is -1.99. The molecule has 0 aromatic carbocycles. The standard InChI is InChI=1S/C6H6N2OS2/c9-6(7-10)5-1-3-8(11)4-2-5/h1-4H,7H2. The summed E-state index contributed by atoms with van der Waals surface area (Å²) in [6.45, 7) is 0. The van der Waals surface area contributed by atoms with Crippen LogP contribution in [0.4, 0.5) is 0 Å². The second kappa shape index (κ2) is 3.66. The Morgan fingerprint density at radius 3 is 2.45 bits per heavy atom. The van der Waals surface area contributed by atoms with Gasteiger partial charge in [-0.2, -0.15) is 0 Å². The maximum absolute atomic E-state index is 10.9. The van der Waals surface area contributed by atoms with Gasteiger partial charge in [-0.15, -0.1) is 0 Å². The predicted octanol–water partition coefficient (Wildman–Crippen LogP) is -1.55. The SMILES string of the molecule is O=C([NH2+][S-])c1cc[n+]([S-])cc1. The summed E-state index contributed by atoms with van der Waals surface area (Å²) in [7, 11) is 0. The zero-order valence-electron chi connectivity index (χ0n) is 5.56. The minimum atomic E-state index is -0.157. The van der Waals surface area contributed by atoms with Crippen LogP contribution in [-0.2, 0) is 25.6 Å². The number of hydrogen-bond acceptors (Lipinski definition) is 3. The van der Waals surface area contributed by atoms with Crippen LogP contribution < -0.4 is 8.69 Å². The highest BCUT2D eigenvalue weighted by molar-refractivity contribution is 7.51. The lowest BCUT2D eigenvalue weighted by molar-refractivity contribution is -0.492. The molecule has 0 atom stereocenters. The van der Waals surface area contributed by atoms with E-state index in [0.717, 1.165) is 4.72 Å². The van der Waals surface area contributed by atoms with E-state index in [4.69, 9.17) is 12.8 Å². The third-order valence-electron chi connectivity index (χ3n) is 1.19. The van der Waals surface area contributed by atoms with Crippen molar-refractivity contribution in [3.8, 4) is 0 Å². The molecule has 0 saturated heterocycles. The normalized spacial score (nSPS) is 9.55. The van der Waals surface area contributed by atoms with Gasteiger partial charge in [-0.05, 0) is 0 Å². The number of pyridine rings is 1. The van der Waals surface area contributed by atoms with E-state index in [0.29, 0.717) is 5.56 Å². The summed E-state index contributed by atoms with van der Waals surface area (Å²) in [5.41, 5.74) is 0.570. The molecule has 58 valence electrons. The predicted molar refractivity (Wildman–Crippen MR) is 43.0 cm³/mol. The maximum atomic E-state index is 10.9. The molecule has 1 heterocycles. The van der Waals surface area contributed by atoms with Gasteiger partial charge in [0, 0.05) is 12.1 Å². The topological polar surface area (TPSA) is 37.6 Å². The molecule has 0 aliphatic heterocycles. The van der Waals surface area contributed by atoms with Gasteiger partial charge in [0.15, 0.2) is 12.4 Å². The maximum Gasteiger partial charge on any atom is 0.325 e. The molecule has 1 rings (SSSR count). The molecule has 5 heteroatoms. The number of aromatic nitrogens is 1. The highest BCUT2D eigenvalue weighted by Gasteiger charge is 2.03. The Bertz CT molecular complexity index is 260. The molecule has 0 saturated carbocycles. The van der Waals surface area contributed by atoms with Crippen molar-refractivity contribution in [2.24, 2.45) is 0 Å². The van der Waals surface area contributed by atoms with Gasteiger partial charge in [-0.3, -0.25) is 0 Å². The van der Waals surface area contributed by atoms with E-state index in [-0.39, 0.29) is 5.91 Å². The summed E-state index contributed by atoms with van der Waals surface area (Å²) in [5.74, 6) is -0.157. The van der Waals surface area contributed by atoms with Gasteiger partial charge in [-0.1, -0.05) is 0 Å². The number of rotatable bonds is 1. The molecular formula is C6H6N2OS2. The van der Waals surface area contributed by atoms with E-state index >= 15 is 0 Å². The second-order valence-corrected chi connectivity index (χ2v) is 2.59. The molecule has 0 bridgehead atoms. The quantitative estimate of drug-likeness (QED) is 0.426. The Hall–Kier alpha value is -0.650. The zero-order chi connectivity index (χ0) is 8.27. The number of nitrogens with zero attached hydrogens (tertiary/aromatic N) is 1. The molecule has 0 aliphatic carbocycles. The van der Waals surface area contributed by atoms with Gasteiger partial charge in [-0.25, -0.2) is 4.79 Å². The highest BCUT2D eigenvalue weighted by Crippen LogP contribution is 1.90. The molecule has 1 aromatic heterocycles. The van der Waals surface area contributed by atoms with Crippen molar-refractivity contribution in [2.45, 2.75) is 0 Å². The van der Waals surface area contributed by atoms with Crippen molar-refractivity contribution in [2.75, 3.05) is 0 Å². The Kier molecular flexibility index (Phi) is 2.81. The Labute approximate surface area is 75.5 Å². The fourth-order valence-corrected chi connectivity index (χ4v) is 0.903. The molecule has 0 fully saturated rings. The summed E-state index contributed by atoms with van der Waals surface area (Å²) in [4.78, 5) is 10.9. The first-order chi connectivity index (χ1) is 5.24. The first kappa shape index (κ1) is 8.45. The summed E-state index contributed by atoms with van der Waals surface area (Å²) in [6, 6.07) is 3.27. The van der Waals surface area contributed by atoms with Crippen molar-refractivity contribution in [3.63, 3.8) is 0 Å². The van der Waals surface area contributed by atoms with Gasteiger partial charge in [0.1, 0.15) is 0 Å². The Morgan fingerprint density at radius 2 is 2.00 bits per heavy atom. The third-order valence-corrected chi connectivity index (χ3v) is 1.65. The second-order valence-electron chi connectivity index (χ2n) is 1.93. The van der Waals surface area contributed by atoms with Crippen LogP contribution in [-0.4, -0.2) is 5.91 Å². The molecule has 3 nitrogen and oxygen atoms in total. The smallest absolute Gasteiger partial charge is 0.325 e. The summed E-state index contributed by atoms with van der Waals surface area (Å²) < 4.78 is 2.56. The minimum Gasteiger partial charge on any atom is -0.489 e. The molecule has 0 spiro atoms. The van der Waals surface area contributed by atoms with E-state index in [1.807, 2.05) is 0 Å². The molecule has 2 N–H and O–H groups in total. The molecule has 11 heavy (non-hydrogen) atoms. The number of carbonyl (C=O) groups excluding carboxylic acids is 1. The zero-order valence-corrected chi connectivity index (χ0v) is 7.19. The molecule has 1 aromatic rings. The highest BCUT2D eigenvalue weighted by atomic mass is 32.1. The molecule has 1 amide bonds. The van der Waals surface area contributed by atoms with Crippen LogP contribution in [0.5, 0.6) is 0 Å². The third kappa shape index (κ3) is 2.14. The van der Waals surface area contributed by atoms with E-state index in [9.17, 15) is 4.79 Å². The van der Waals surface area contributed by atoms with E-state index in [2.05, 4.69) is 12.8 Å². The van der Waals surface area contributed by atoms with Crippen molar-refractivity contribution < 1.29 is 13.5 Å². The first-order valence-electron chi connectivity index (χ1n) is 2.92. The summed E-state index contributed by atoms with van der Waals surface area (Å²) in [6.07, 6.45) is 3.25. The van der Waals surface area contributed by atoms with Crippen LogP contribution in [0.25, 0.3) is 0 Å². The molecule has 0 radical (unpaired) electrons. The number of amides is 1. The fourth-order valence-electron chi connectivity index (χ4n) is 0.645. The van der Waals surface area contributed by atoms with E-state index in [1.165, 1.54) is 3.97 Å². The Morgan fingerprint density at radius 1 is 1.45 bits per heavy atom. The van der Waals surface area contributed by atoms with Crippen LogP contribution in [0.3, 0.4) is 0 Å². The largest absolute Gasteiger partial charge is 0.489 e. The van der Waals surface area contributed by atoms with Crippen molar-refractivity contribution in [1.29, 1.82) is 0 Å². The Balaban J connectivity index is 2.90. The van der Waals surface area contributed by atoms with Crippen LogP contribution in [0, 0.1) is 0 Å². The van der Waals surface area contributed by atoms with Gasteiger partial charge < -0.3 is 34.3 Å². The number of carbonyl (C=O) groups is 1. The average molecular weight is 186 g/mol. The van der Waals surface area contributed by atoms with Gasteiger partial charge in [0.05, 0.1) is 5.56 Å². The molecular weight excluding hydrogens is 180 g/mol. The van der Waals surface area contributed by atoms with Crippen LogP contribution in [0.1, 0.15) is 10.4 Å². The number of primary amides is 1. The summed E-state index contributed by atoms with van der Waals surface area (Å²) >= 11 is 9.25. The van der Waals surface area contributed by atoms with Gasteiger partial charge >= 0.3 is 5.91 Å². The monoisotopic (exact) mass is 186 g/mol. The number of nitrogens with two attached hydrogens (primary N) is 1. The fraction of sp³-hybridized carbons (Fsp3) is 0. The van der Waals surface area contributed by atoms with Crippen LogP contribution >= 0.6 is 0 Å². The van der Waals surface area contributed by atoms with Crippen LogP contribution in [0.2, 0.25) is 0 Å². The lowest BCUT2D eigenvalue weighted by Crippen LogP contribution is -2.82. The van der Waals surface area contributed by atoms with Crippen LogP contribution in [0.15, 0.2) is 24.5 Å². The first-order valence-corrected chi connectivity index (χ1v) is 3.76. The van der Waals surface area contributed by atoms with Gasteiger partial charge in [0.2, 0.25) is 0 Å². The number of quaternary nitrogens is 1. The minimum absolute atomic E-state index is 0.157. The van der Waals surface area contributed by atoms with Gasteiger partial charge in [0.25, 0.3) is 0 Å². The molecule has 0 aliphatic rings. The van der Waals surface area contributed by atoms with Crippen molar-refractivity contribution >= 4 is 31.5 Å². The lowest BCUT2D eigenvalue weighted by atomic mass is 10.3. The van der Waals surface area contributed by atoms with E-state index in [1.54, 1.807) is 24.5 Å². The molecule has 0 unspecified atom stereocenters. The van der Waals surface area contributed by atoms with Crippen molar-refractivity contribution in [3.05, 3.63) is 30.1 Å². The van der Waals surface area contributed by atoms with E-state index < -0.39 is 0 Å². The number of hydrogen-bond donors (Lipinski definition) is 1. The average Bonchev–Trinajstić information content (AvgIpc) is 2.05.